The van der Waals surface area contributed by atoms with E-state index in [0.717, 1.165) is 17.2 Å². The van der Waals surface area contributed by atoms with Gasteiger partial charge in [-0.2, -0.15) is 9.40 Å². The summed E-state index contributed by atoms with van der Waals surface area (Å²) in [6.45, 7) is 5.70. The number of hydrogen-bond acceptors (Lipinski definition) is 6. The normalized spacial score (nSPS) is 18.3. The van der Waals surface area contributed by atoms with Crippen LogP contribution >= 0.6 is 23.6 Å². The van der Waals surface area contributed by atoms with Gasteiger partial charge in [0.05, 0.1) is 5.92 Å². The summed E-state index contributed by atoms with van der Waals surface area (Å²) in [5, 5.41) is 9.86. The number of thiophene rings is 1. The standard InChI is InChI=1S/C17H25N5O3S3/c1-3-22-14(19-20-17(22)26)8-9-18-16(23)13-5-4-10-21(11-13)28(24,25)15-7-6-12(2)27-15/h6-7,13H,3-5,8-11H2,1-2H3,(H,18,23)(H,20,26). The highest BCUT2D eigenvalue weighted by Crippen LogP contribution is 2.28. The fourth-order valence-electron chi connectivity index (χ4n) is 3.36. The number of rotatable bonds is 7. The number of amides is 1. The molecule has 1 unspecified atom stereocenters. The molecule has 1 aliphatic rings. The van der Waals surface area contributed by atoms with Crippen LogP contribution < -0.4 is 5.32 Å². The van der Waals surface area contributed by atoms with Gasteiger partial charge in [-0.3, -0.25) is 9.89 Å². The highest BCUT2D eigenvalue weighted by Gasteiger charge is 2.33. The summed E-state index contributed by atoms with van der Waals surface area (Å²) >= 11 is 6.43. The summed E-state index contributed by atoms with van der Waals surface area (Å²) in [5.74, 6) is 0.352. The molecule has 0 bridgehead atoms. The van der Waals surface area contributed by atoms with Crippen molar-refractivity contribution in [1.82, 2.24) is 24.4 Å². The number of aromatic amines is 1. The van der Waals surface area contributed by atoms with Gasteiger partial charge in [0, 0.05) is 37.5 Å². The molecule has 3 heterocycles. The maximum absolute atomic E-state index is 12.8. The second-order valence-electron chi connectivity index (χ2n) is 6.80. The molecule has 1 atom stereocenters. The molecule has 0 spiro atoms. The Morgan fingerprint density at radius 1 is 1.46 bits per heavy atom. The number of carbonyl (C=O) groups excluding carboxylic acids is 1. The lowest BCUT2D eigenvalue weighted by molar-refractivity contribution is -0.126. The minimum Gasteiger partial charge on any atom is -0.355 e. The predicted molar refractivity (Wildman–Crippen MR) is 110 cm³/mol. The first-order chi connectivity index (χ1) is 13.3. The second-order valence-corrected chi connectivity index (χ2v) is 10.6. The SMILES string of the molecule is CCn1c(CCNC(=O)C2CCCN(S(=O)(=O)c3ccc(C)s3)C2)n[nH]c1=S. The van der Waals surface area contributed by atoms with Gasteiger partial charge in [-0.15, -0.1) is 11.3 Å². The number of aromatic nitrogens is 3. The lowest BCUT2D eigenvalue weighted by Gasteiger charge is -2.30. The molecule has 3 rings (SSSR count). The maximum Gasteiger partial charge on any atom is 0.252 e. The van der Waals surface area contributed by atoms with Crippen LogP contribution in [0.2, 0.25) is 0 Å². The molecule has 0 aliphatic carbocycles. The van der Waals surface area contributed by atoms with Crippen LogP contribution in [0.25, 0.3) is 0 Å². The highest BCUT2D eigenvalue weighted by molar-refractivity contribution is 7.91. The van der Waals surface area contributed by atoms with Crippen molar-refractivity contribution in [2.75, 3.05) is 19.6 Å². The van der Waals surface area contributed by atoms with Crippen molar-refractivity contribution in [1.29, 1.82) is 0 Å². The largest absolute Gasteiger partial charge is 0.355 e. The van der Waals surface area contributed by atoms with Crippen molar-refractivity contribution in [3.05, 3.63) is 27.6 Å². The van der Waals surface area contributed by atoms with Gasteiger partial charge in [0.1, 0.15) is 10.0 Å². The van der Waals surface area contributed by atoms with Gasteiger partial charge in [-0.1, -0.05) is 0 Å². The summed E-state index contributed by atoms with van der Waals surface area (Å²) in [4.78, 5) is 13.5. The van der Waals surface area contributed by atoms with Crippen molar-refractivity contribution in [2.45, 2.75) is 43.9 Å². The Morgan fingerprint density at radius 3 is 2.93 bits per heavy atom. The number of aryl methyl sites for hydroxylation is 1. The van der Waals surface area contributed by atoms with Gasteiger partial charge in [-0.05, 0) is 51.0 Å². The van der Waals surface area contributed by atoms with Crippen LogP contribution in [0.5, 0.6) is 0 Å². The average Bonchev–Trinajstić information content (AvgIpc) is 3.27. The van der Waals surface area contributed by atoms with E-state index in [4.69, 9.17) is 12.2 Å². The summed E-state index contributed by atoms with van der Waals surface area (Å²) in [7, 11) is -3.53. The van der Waals surface area contributed by atoms with E-state index in [-0.39, 0.29) is 18.4 Å². The van der Waals surface area contributed by atoms with Crippen LogP contribution in [-0.2, 0) is 27.8 Å². The Kier molecular flexibility index (Phi) is 6.69. The zero-order chi connectivity index (χ0) is 20.3. The maximum atomic E-state index is 12.8. The molecule has 11 heteroatoms. The quantitative estimate of drug-likeness (QED) is 0.638. The van der Waals surface area contributed by atoms with Gasteiger partial charge >= 0.3 is 0 Å². The first-order valence-electron chi connectivity index (χ1n) is 9.31. The van der Waals surface area contributed by atoms with Crippen molar-refractivity contribution < 1.29 is 13.2 Å². The molecule has 0 radical (unpaired) electrons. The molecular weight excluding hydrogens is 418 g/mol. The van der Waals surface area contributed by atoms with E-state index < -0.39 is 10.0 Å². The summed E-state index contributed by atoms with van der Waals surface area (Å²) in [6, 6.07) is 3.44. The number of nitrogens with zero attached hydrogens (tertiary/aromatic N) is 3. The summed E-state index contributed by atoms with van der Waals surface area (Å²) in [6.07, 6.45) is 1.93. The van der Waals surface area contributed by atoms with E-state index in [2.05, 4.69) is 15.5 Å². The summed E-state index contributed by atoms with van der Waals surface area (Å²) < 4.78 is 29.9. The van der Waals surface area contributed by atoms with E-state index in [1.807, 2.05) is 18.4 Å². The molecule has 1 aliphatic heterocycles. The second kappa shape index (κ2) is 8.85. The van der Waals surface area contributed by atoms with Crippen molar-refractivity contribution >= 4 is 39.5 Å². The molecule has 2 aromatic rings. The first kappa shape index (κ1) is 21.2. The number of carbonyl (C=O) groups is 1. The number of piperidine rings is 1. The molecule has 154 valence electrons. The average molecular weight is 444 g/mol. The zero-order valence-corrected chi connectivity index (χ0v) is 18.4. The van der Waals surface area contributed by atoms with Gasteiger partial charge < -0.3 is 9.88 Å². The molecule has 2 aromatic heterocycles. The molecule has 8 nitrogen and oxygen atoms in total. The van der Waals surface area contributed by atoms with Gasteiger partial charge in [0.2, 0.25) is 5.91 Å². The van der Waals surface area contributed by atoms with Crippen LogP contribution in [-0.4, -0.2) is 53.0 Å². The predicted octanol–water partition coefficient (Wildman–Crippen LogP) is 2.09. The van der Waals surface area contributed by atoms with Crippen LogP contribution in [0.1, 0.15) is 30.5 Å². The Morgan fingerprint density at radius 2 is 2.25 bits per heavy atom. The van der Waals surface area contributed by atoms with Crippen molar-refractivity contribution in [3.8, 4) is 0 Å². The molecule has 0 aromatic carbocycles. The first-order valence-corrected chi connectivity index (χ1v) is 12.0. The third kappa shape index (κ3) is 4.53. The van der Waals surface area contributed by atoms with Gasteiger partial charge in [-0.25, -0.2) is 8.42 Å². The Hall–Kier alpha value is -1.56. The lowest BCUT2D eigenvalue weighted by Crippen LogP contribution is -2.45. The molecule has 0 saturated carbocycles. The third-order valence-electron chi connectivity index (χ3n) is 4.87. The van der Waals surface area contributed by atoms with E-state index in [9.17, 15) is 13.2 Å². The van der Waals surface area contributed by atoms with Crippen LogP contribution in [0, 0.1) is 17.6 Å². The topological polar surface area (TPSA) is 100 Å². The van der Waals surface area contributed by atoms with E-state index >= 15 is 0 Å². The number of sulfonamides is 1. The van der Waals surface area contributed by atoms with Crippen LogP contribution in [0.3, 0.4) is 0 Å². The van der Waals surface area contributed by atoms with E-state index in [1.54, 1.807) is 12.1 Å². The molecule has 28 heavy (non-hydrogen) atoms. The molecule has 2 N–H and O–H groups in total. The third-order valence-corrected chi connectivity index (χ3v) is 8.51. The van der Waals surface area contributed by atoms with E-state index in [1.165, 1.54) is 15.6 Å². The Bertz CT molecular complexity index is 992. The minimum absolute atomic E-state index is 0.112. The van der Waals surface area contributed by atoms with Crippen LogP contribution in [0.15, 0.2) is 16.3 Å². The molecule has 1 fully saturated rings. The zero-order valence-electron chi connectivity index (χ0n) is 16.0. The van der Waals surface area contributed by atoms with Gasteiger partial charge in [0.15, 0.2) is 4.77 Å². The number of hydrogen-bond donors (Lipinski definition) is 2. The Balaban J connectivity index is 1.57. The van der Waals surface area contributed by atoms with Gasteiger partial charge in [0.25, 0.3) is 10.0 Å². The minimum atomic E-state index is -3.53. The highest BCUT2D eigenvalue weighted by atomic mass is 32.2. The fourth-order valence-corrected chi connectivity index (χ4v) is 6.60. The smallest absolute Gasteiger partial charge is 0.252 e. The van der Waals surface area contributed by atoms with E-state index in [0.29, 0.717) is 41.3 Å². The number of nitrogens with one attached hydrogen (secondary N) is 2. The molecule has 1 amide bonds. The van der Waals surface area contributed by atoms with Crippen molar-refractivity contribution in [3.63, 3.8) is 0 Å². The monoisotopic (exact) mass is 443 g/mol. The fraction of sp³-hybridized carbons (Fsp3) is 0.588. The van der Waals surface area contributed by atoms with Crippen molar-refractivity contribution in [2.24, 2.45) is 5.92 Å². The molecule has 1 saturated heterocycles. The number of H-pyrrole nitrogens is 1. The lowest BCUT2D eigenvalue weighted by atomic mass is 9.99. The Labute approximate surface area is 174 Å². The summed E-state index contributed by atoms with van der Waals surface area (Å²) in [5.41, 5.74) is 0. The van der Waals surface area contributed by atoms with Crippen LogP contribution in [0.4, 0.5) is 0 Å². The molecular formula is C17H25N5O3S3.